The maximum Gasteiger partial charge on any atom is 0.328 e. The van der Waals surface area contributed by atoms with E-state index in [4.69, 9.17) is 10.1 Å². The number of aryl methyl sites for hydroxylation is 1. The summed E-state index contributed by atoms with van der Waals surface area (Å²) in [6.45, 7) is 8.55. The molecule has 0 aliphatic carbocycles. The monoisotopic (exact) mass is 334 g/mol. The molecule has 128 valence electrons. The van der Waals surface area contributed by atoms with E-state index in [1.165, 1.54) is 5.56 Å². The molecule has 3 aromatic rings. The molecule has 0 radical (unpaired) electrons. The molecular formula is C21H22N2O2. The van der Waals surface area contributed by atoms with Crippen LogP contribution in [0.5, 0.6) is 0 Å². The van der Waals surface area contributed by atoms with E-state index < -0.39 is 5.97 Å². The number of aromatic nitrogens is 2. The zero-order valence-corrected chi connectivity index (χ0v) is 14.9. The summed E-state index contributed by atoms with van der Waals surface area (Å²) in [4.78, 5) is 15.7. The number of rotatable bonds is 3. The number of pyridine rings is 1. The number of nitrogens with zero attached hydrogens (tertiary/aromatic N) is 2. The van der Waals surface area contributed by atoms with Gasteiger partial charge in [0.25, 0.3) is 0 Å². The van der Waals surface area contributed by atoms with Crippen molar-refractivity contribution in [3.8, 4) is 11.3 Å². The Morgan fingerprint density at radius 3 is 2.44 bits per heavy atom. The maximum atomic E-state index is 11.0. The van der Waals surface area contributed by atoms with Gasteiger partial charge in [-0.05, 0) is 41.7 Å². The lowest BCUT2D eigenvalue weighted by Gasteiger charge is -2.19. The predicted molar refractivity (Wildman–Crippen MR) is 101 cm³/mol. The highest BCUT2D eigenvalue weighted by molar-refractivity contribution is 5.87. The van der Waals surface area contributed by atoms with Crippen molar-refractivity contribution in [1.82, 2.24) is 9.38 Å². The lowest BCUT2D eigenvalue weighted by atomic mass is 9.86. The largest absolute Gasteiger partial charge is 0.478 e. The molecular weight excluding hydrogens is 312 g/mol. The Labute approximate surface area is 147 Å². The first-order valence-electron chi connectivity index (χ1n) is 8.26. The molecule has 1 aromatic carbocycles. The van der Waals surface area contributed by atoms with Crippen LogP contribution in [0, 0.1) is 6.92 Å². The van der Waals surface area contributed by atoms with E-state index in [1.807, 2.05) is 41.8 Å². The molecule has 4 heteroatoms. The molecule has 0 saturated carbocycles. The van der Waals surface area contributed by atoms with Crippen LogP contribution >= 0.6 is 0 Å². The Bertz CT molecular complexity index is 958. The van der Waals surface area contributed by atoms with Gasteiger partial charge in [-0.1, -0.05) is 45.0 Å². The lowest BCUT2D eigenvalue weighted by molar-refractivity contribution is -0.131. The fourth-order valence-electron chi connectivity index (χ4n) is 2.82. The molecule has 3 rings (SSSR count). The number of hydrogen-bond acceptors (Lipinski definition) is 2. The molecule has 0 aliphatic heterocycles. The van der Waals surface area contributed by atoms with E-state index in [0.717, 1.165) is 34.2 Å². The van der Waals surface area contributed by atoms with Crippen LogP contribution in [0.1, 0.15) is 37.6 Å². The predicted octanol–water partition coefficient (Wildman–Crippen LogP) is 4.71. The maximum absolute atomic E-state index is 11.0. The van der Waals surface area contributed by atoms with Gasteiger partial charge in [-0.15, -0.1) is 0 Å². The average molecular weight is 334 g/mol. The van der Waals surface area contributed by atoms with Crippen LogP contribution in [-0.4, -0.2) is 20.5 Å². The van der Waals surface area contributed by atoms with Crippen LogP contribution < -0.4 is 0 Å². The minimum atomic E-state index is -0.976. The average Bonchev–Trinajstić information content (AvgIpc) is 2.89. The Morgan fingerprint density at radius 1 is 1.16 bits per heavy atom. The smallest absolute Gasteiger partial charge is 0.328 e. The summed E-state index contributed by atoms with van der Waals surface area (Å²) in [5, 5.41) is 9.00. The Morgan fingerprint density at radius 2 is 1.84 bits per heavy atom. The number of fused-ring (bicyclic) bond motifs is 1. The molecule has 0 aliphatic rings. The minimum absolute atomic E-state index is 0.0839. The molecule has 0 saturated heterocycles. The molecule has 0 unspecified atom stereocenters. The summed E-state index contributed by atoms with van der Waals surface area (Å²) in [7, 11) is 0. The first-order valence-corrected chi connectivity index (χ1v) is 8.26. The summed E-state index contributed by atoms with van der Waals surface area (Å²) >= 11 is 0. The van der Waals surface area contributed by atoms with Crippen molar-refractivity contribution in [3.63, 3.8) is 0 Å². The highest BCUT2D eigenvalue weighted by atomic mass is 16.4. The van der Waals surface area contributed by atoms with Gasteiger partial charge in [-0.25, -0.2) is 9.78 Å². The zero-order valence-electron chi connectivity index (χ0n) is 14.9. The van der Waals surface area contributed by atoms with E-state index in [-0.39, 0.29) is 5.41 Å². The molecule has 0 fully saturated rings. The van der Waals surface area contributed by atoms with Gasteiger partial charge in [0.2, 0.25) is 0 Å². The number of imidazole rings is 1. The molecule has 4 nitrogen and oxygen atoms in total. The van der Waals surface area contributed by atoms with Crippen molar-refractivity contribution < 1.29 is 9.90 Å². The SMILES string of the molecule is Cc1ccn2c(/C=C/C(=O)O)c(-c3ccc(C(C)(C)C)cc3)nc2c1. The van der Waals surface area contributed by atoms with Gasteiger partial charge in [0.05, 0.1) is 11.4 Å². The van der Waals surface area contributed by atoms with Gasteiger partial charge in [0, 0.05) is 17.8 Å². The van der Waals surface area contributed by atoms with Gasteiger partial charge in [0.15, 0.2) is 0 Å². The van der Waals surface area contributed by atoms with E-state index in [9.17, 15) is 4.79 Å². The molecule has 0 amide bonds. The summed E-state index contributed by atoms with van der Waals surface area (Å²) in [6, 6.07) is 12.3. The van der Waals surface area contributed by atoms with Crippen LogP contribution in [-0.2, 0) is 10.2 Å². The third-order valence-corrected chi connectivity index (χ3v) is 4.23. The fourth-order valence-corrected chi connectivity index (χ4v) is 2.82. The molecule has 1 N–H and O–H groups in total. The normalized spacial score (nSPS) is 12.2. The molecule has 0 spiro atoms. The van der Waals surface area contributed by atoms with Gasteiger partial charge in [-0.3, -0.25) is 4.40 Å². The summed E-state index contributed by atoms with van der Waals surface area (Å²) in [6.07, 6.45) is 4.67. The Balaban J connectivity index is 2.17. The first kappa shape index (κ1) is 17.0. The van der Waals surface area contributed by atoms with Crippen LogP contribution in [0.15, 0.2) is 48.7 Å². The van der Waals surface area contributed by atoms with Crippen LogP contribution in [0.2, 0.25) is 0 Å². The van der Waals surface area contributed by atoms with Crippen LogP contribution in [0.4, 0.5) is 0 Å². The highest BCUT2D eigenvalue weighted by Gasteiger charge is 2.16. The van der Waals surface area contributed by atoms with Gasteiger partial charge in [-0.2, -0.15) is 0 Å². The fraction of sp³-hybridized carbons (Fsp3) is 0.238. The summed E-state index contributed by atoms with van der Waals surface area (Å²) in [5.74, 6) is -0.976. The number of aliphatic carboxylic acids is 1. The van der Waals surface area contributed by atoms with Crippen LogP contribution in [0.3, 0.4) is 0 Å². The number of benzene rings is 1. The third-order valence-electron chi connectivity index (χ3n) is 4.23. The second-order valence-corrected chi connectivity index (χ2v) is 7.28. The quantitative estimate of drug-likeness (QED) is 0.706. The number of carbonyl (C=O) groups is 1. The lowest BCUT2D eigenvalue weighted by Crippen LogP contribution is -2.10. The van der Waals surface area contributed by atoms with E-state index in [1.54, 1.807) is 6.08 Å². The number of carboxylic acids is 1. The summed E-state index contributed by atoms with van der Waals surface area (Å²) in [5.41, 5.74) is 5.77. The van der Waals surface area contributed by atoms with Crippen molar-refractivity contribution in [2.45, 2.75) is 33.1 Å². The molecule has 2 heterocycles. The third kappa shape index (κ3) is 3.48. The number of carboxylic acid groups (broad SMARTS) is 1. The van der Waals surface area contributed by atoms with Crippen LogP contribution in [0.25, 0.3) is 23.0 Å². The zero-order chi connectivity index (χ0) is 18.2. The van der Waals surface area contributed by atoms with E-state index in [2.05, 4.69) is 32.9 Å². The van der Waals surface area contributed by atoms with Crippen molar-refractivity contribution in [3.05, 3.63) is 65.5 Å². The topological polar surface area (TPSA) is 54.6 Å². The van der Waals surface area contributed by atoms with E-state index in [0.29, 0.717) is 0 Å². The Kier molecular flexibility index (Phi) is 4.21. The molecule has 2 aromatic heterocycles. The van der Waals surface area contributed by atoms with Crippen molar-refractivity contribution in [2.24, 2.45) is 0 Å². The standard InChI is InChI=1S/C21H22N2O2/c1-14-11-12-23-17(9-10-19(24)25)20(22-18(23)13-14)15-5-7-16(8-6-15)21(2,3)4/h5-13H,1-4H3,(H,24,25)/b10-9+. The number of hydrogen-bond donors (Lipinski definition) is 1. The highest BCUT2D eigenvalue weighted by Crippen LogP contribution is 2.29. The van der Waals surface area contributed by atoms with Crippen molar-refractivity contribution in [2.75, 3.05) is 0 Å². The second-order valence-electron chi connectivity index (χ2n) is 7.28. The molecule has 0 atom stereocenters. The second kappa shape index (κ2) is 6.20. The van der Waals surface area contributed by atoms with Gasteiger partial charge < -0.3 is 5.11 Å². The van der Waals surface area contributed by atoms with Crippen molar-refractivity contribution in [1.29, 1.82) is 0 Å². The van der Waals surface area contributed by atoms with Gasteiger partial charge in [0.1, 0.15) is 5.65 Å². The van der Waals surface area contributed by atoms with Crippen molar-refractivity contribution >= 4 is 17.7 Å². The molecule has 25 heavy (non-hydrogen) atoms. The first-order chi connectivity index (χ1) is 11.8. The van der Waals surface area contributed by atoms with E-state index >= 15 is 0 Å². The molecule has 0 bridgehead atoms. The minimum Gasteiger partial charge on any atom is -0.478 e. The summed E-state index contributed by atoms with van der Waals surface area (Å²) < 4.78 is 1.92. The Hall–Kier alpha value is -2.88. The van der Waals surface area contributed by atoms with Gasteiger partial charge >= 0.3 is 5.97 Å².